The molecule has 0 nitrogen and oxygen atoms in total. The van der Waals surface area contributed by atoms with Crippen LogP contribution in [0.5, 0.6) is 0 Å². The largest absolute Gasteiger partial charge is 0.113 e. The summed E-state index contributed by atoms with van der Waals surface area (Å²) in [6.45, 7) is 0. The zero-order chi connectivity index (χ0) is 11.1. The van der Waals surface area contributed by atoms with Crippen molar-refractivity contribution in [2.24, 2.45) is 0 Å². The summed E-state index contributed by atoms with van der Waals surface area (Å²) in [6, 6.07) is 12.5. The number of benzene rings is 2. The van der Waals surface area contributed by atoms with E-state index in [1.165, 1.54) is 19.6 Å². The van der Waals surface area contributed by atoms with Gasteiger partial charge in [0.1, 0.15) is 7.85 Å². The molecule has 0 fully saturated rings. The molecule has 0 aromatic heterocycles. The maximum Gasteiger partial charge on any atom is 0.113 e. The molecule has 0 atom stereocenters. The molecule has 1 aliphatic heterocycles. The van der Waals surface area contributed by atoms with Crippen molar-refractivity contribution in [1.82, 2.24) is 0 Å². The summed E-state index contributed by atoms with van der Waals surface area (Å²) in [4.78, 5) is 5.13. The lowest BCUT2D eigenvalue weighted by molar-refractivity contribution is 1.16. The number of hydrogen-bond donors (Lipinski definition) is 0. The maximum absolute atomic E-state index is 5.80. The van der Waals surface area contributed by atoms with Crippen LogP contribution in [0.3, 0.4) is 0 Å². The van der Waals surface area contributed by atoms with Crippen LogP contribution < -0.4 is 5.46 Å². The molecule has 76 valence electrons. The average Bonchev–Trinajstić information content (AvgIpc) is 2.26. The van der Waals surface area contributed by atoms with E-state index in [9.17, 15) is 0 Å². The van der Waals surface area contributed by atoms with Gasteiger partial charge in [-0.15, -0.1) is 0 Å². The molecule has 1 aliphatic rings. The van der Waals surface area contributed by atoms with Crippen LogP contribution in [0, 0.1) is 0 Å². The first-order valence-corrected chi connectivity index (χ1v) is 7.20. The minimum absolute atomic E-state index is 0.826. The summed E-state index contributed by atoms with van der Waals surface area (Å²) in [7, 11) is 5.80. The maximum atomic E-state index is 5.80. The van der Waals surface area contributed by atoms with Gasteiger partial charge in [-0.2, -0.15) is 0 Å². The summed E-state index contributed by atoms with van der Waals surface area (Å²) in [5.41, 5.74) is 0.826. The van der Waals surface area contributed by atoms with Crippen LogP contribution in [0.4, 0.5) is 0 Å². The fourth-order valence-electron chi connectivity index (χ4n) is 1.57. The highest BCUT2D eigenvalue weighted by Gasteiger charge is 2.16. The van der Waals surface area contributed by atoms with Crippen molar-refractivity contribution in [1.29, 1.82) is 0 Å². The lowest BCUT2D eigenvalue weighted by atomic mass is 9.97. The van der Waals surface area contributed by atoms with Gasteiger partial charge in [-0.25, -0.2) is 0 Å². The van der Waals surface area contributed by atoms with Gasteiger partial charge >= 0.3 is 0 Å². The molecule has 0 amide bonds. The molecule has 0 bridgehead atoms. The Kier molecular flexibility index (Phi) is 2.82. The second-order valence-electron chi connectivity index (χ2n) is 3.50. The molecule has 16 heavy (non-hydrogen) atoms. The zero-order valence-corrected chi connectivity index (χ0v) is 11.5. The molecule has 4 heteroatoms. The average molecular weight is 305 g/mol. The van der Waals surface area contributed by atoms with Crippen molar-refractivity contribution < 1.29 is 0 Å². The van der Waals surface area contributed by atoms with Crippen LogP contribution in [0.2, 0.25) is 0 Å². The number of hydrogen-bond acceptors (Lipinski definition) is 2. The third kappa shape index (κ3) is 1.94. The van der Waals surface area contributed by atoms with Crippen LogP contribution in [0.1, 0.15) is 0 Å². The lowest BCUT2D eigenvalue weighted by Gasteiger charge is -2.18. The monoisotopic (exact) mass is 304 g/mol. The normalized spacial score (nSPS) is 13.1. The summed E-state index contributed by atoms with van der Waals surface area (Å²) in [5, 5.41) is 0. The predicted molar refractivity (Wildman–Crippen MR) is 74.2 cm³/mol. The Morgan fingerprint density at radius 1 is 0.812 bits per heavy atom. The lowest BCUT2D eigenvalue weighted by Crippen LogP contribution is -2.02. The minimum atomic E-state index is 0.826. The predicted octanol–water partition coefficient (Wildman–Crippen LogP) is 3.86. The Bertz CT molecular complexity index is 517. The Hall–Kier alpha value is -0.315. The van der Waals surface area contributed by atoms with Crippen molar-refractivity contribution in [3.8, 4) is 0 Å². The van der Waals surface area contributed by atoms with Gasteiger partial charge in [-0.3, -0.25) is 0 Å². The van der Waals surface area contributed by atoms with E-state index in [1.54, 1.807) is 23.5 Å². The fraction of sp³-hybridized carbons (Fsp3) is 0. The van der Waals surface area contributed by atoms with Crippen LogP contribution >= 0.6 is 39.5 Å². The van der Waals surface area contributed by atoms with E-state index in [0.717, 1.165) is 9.94 Å². The first-order valence-electron chi connectivity index (χ1n) is 4.77. The van der Waals surface area contributed by atoms with E-state index in [0.29, 0.717) is 0 Å². The SMILES string of the molecule is [B]c1ccc2c(c1)Sc1ccc(Br)cc1S2. The van der Waals surface area contributed by atoms with Crippen molar-refractivity contribution in [2.75, 3.05) is 0 Å². The van der Waals surface area contributed by atoms with Gasteiger partial charge in [0.05, 0.1) is 0 Å². The van der Waals surface area contributed by atoms with E-state index in [4.69, 9.17) is 7.85 Å². The molecule has 0 N–H and O–H groups in total. The zero-order valence-electron chi connectivity index (χ0n) is 8.24. The Labute approximate surface area is 113 Å². The Balaban J connectivity index is 2.09. The second-order valence-corrected chi connectivity index (χ2v) is 6.58. The molecule has 0 spiro atoms. The second kappa shape index (κ2) is 4.17. The molecular formula is C12H6BBrS2. The smallest absolute Gasteiger partial charge is 0.0955 e. The van der Waals surface area contributed by atoms with Gasteiger partial charge in [0, 0.05) is 24.1 Å². The fourth-order valence-corrected chi connectivity index (χ4v) is 4.37. The van der Waals surface area contributed by atoms with Gasteiger partial charge in [0.15, 0.2) is 0 Å². The van der Waals surface area contributed by atoms with E-state index in [-0.39, 0.29) is 0 Å². The van der Waals surface area contributed by atoms with Gasteiger partial charge in [0.25, 0.3) is 0 Å². The van der Waals surface area contributed by atoms with Gasteiger partial charge in [0.2, 0.25) is 0 Å². The molecule has 0 saturated carbocycles. The van der Waals surface area contributed by atoms with Crippen molar-refractivity contribution in [2.45, 2.75) is 19.6 Å². The highest BCUT2D eigenvalue weighted by Crippen LogP contribution is 2.48. The standard InChI is InChI=1S/C12H6BBrS2/c13-7-1-3-9-11(5-7)15-10-4-2-8(14)6-12(10)16-9/h1-6H. The van der Waals surface area contributed by atoms with E-state index in [2.05, 4.69) is 40.2 Å². The highest BCUT2D eigenvalue weighted by atomic mass is 79.9. The van der Waals surface area contributed by atoms with Crippen molar-refractivity contribution in [3.63, 3.8) is 0 Å². The summed E-state index contributed by atoms with van der Waals surface area (Å²) < 4.78 is 1.12. The van der Waals surface area contributed by atoms with E-state index in [1.807, 2.05) is 12.1 Å². The Morgan fingerprint density at radius 3 is 2.19 bits per heavy atom. The quantitative estimate of drug-likeness (QED) is 0.579. The van der Waals surface area contributed by atoms with E-state index >= 15 is 0 Å². The molecule has 0 unspecified atom stereocenters. The first-order chi connectivity index (χ1) is 7.72. The molecular weight excluding hydrogens is 299 g/mol. The third-order valence-electron chi connectivity index (χ3n) is 2.31. The van der Waals surface area contributed by atoms with Crippen molar-refractivity contribution >= 4 is 52.8 Å². The number of fused-ring (bicyclic) bond motifs is 2. The number of halogens is 1. The van der Waals surface area contributed by atoms with Gasteiger partial charge in [-0.1, -0.05) is 57.0 Å². The Morgan fingerprint density at radius 2 is 1.44 bits per heavy atom. The third-order valence-corrected chi connectivity index (χ3v) is 5.33. The summed E-state index contributed by atoms with van der Waals surface area (Å²) >= 11 is 7.08. The van der Waals surface area contributed by atoms with Gasteiger partial charge in [-0.05, 0) is 24.3 Å². The number of rotatable bonds is 0. The summed E-state index contributed by atoms with van der Waals surface area (Å²) in [6.07, 6.45) is 0. The van der Waals surface area contributed by atoms with Crippen LogP contribution in [-0.2, 0) is 0 Å². The summed E-state index contributed by atoms with van der Waals surface area (Å²) in [5.74, 6) is 0. The first kappa shape index (κ1) is 10.8. The van der Waals surface area contributed by atoms with Crippen LogP contribution in [0.25, 0.3) is 0 Å². The van der Waals surface area contributed by atoms with Gasteiger partial charge < -0.3 is 0 Å². The topological polar surface area (TPSA) is 0 Å². The molecule has 2 aromatic rings. The van der Waals surface area contributed by atoms with Crippen molar-refractivity contribution in [3.05, 3.63) is 40.9 Å². The molecule has 0 aliphatic carbocycles. The minimum Gasteiger partial charge on any atom is -0.0955 e. The molecule has 2 aromatic carbocycles. The molecule has 1 heterocycles. The van der Waals surface area contributed by atoms with E-state index < -0.39 is 0 Å². The highest BCUT2D eigenvalue weighted by molar-refractivity contribution is 9.10. The van der Waals surface area contributed by atoms with Crippen LogP contribution in [0.15, 0.2) is 60.5 Å². The molecule has 2 radical (unpaired) electrons. The van der Waals surface area contributed by atoms with Crippen LogP contribution in [-0.4, -0.2) is 7.85 Å². The molecule has 3 rings (SSSR count). The molecule has 0 saturated heterocycles.